The Morgan fingerprint density at radius 2 is 1.79 bits per heavy atom. The van der Waals surface area contributed by atoms with E-state index in [2.05, 4.69) is 26.4 Å². The minimum Gasteiger partial charge on any atom is -0.357 e. The maximum absolute atomic E-state index is 13.9. The number of urea groups is 1. The van der Waals surface area contributed by atoms with E-state index >= 15 is 0 Å². The van der Waals surface area contributed by atoms with Gasteiger partial charge in [0.2, 0.25) is 17.7 Å². The fourth-order valence-corrected chi connectivity index (χ4v) is 6.57. The van der Waals surface area contributed by atoms with E-state index in [0.717, 1.165) is 11.1 Å². The lowest BCUT2D eigenvalue weighted by atomic mass is 9.81. The molecule has 0 bridgehead atoms. The topological polar surface area (TPSA) is 137 Å². The van der Waals surface area contributed by atoms with Crippen LogP contribution in [0.15, 0.2) is 30.5 Å². The van der Waals surface area contributed by atoms with Crippen LogP contribution in [0, 0.1) is 11.8 Å². The second kappa shape index (κ2) is 11.6. The monoisotopic (exact) mass is 599 g/mol. The fraction of sp³-hybridized carbons (Fsp3) is 0.567. The van der Waals surface area contributed by atoms with Gasteiger partial charge in [-0.1, -0.05) is 19.9 Å². The first-order valence-electron chi connectivity index (χ1n) is 14.7. The van der Waals surface area contributed by atoms with E-state index in [4.69, 9.17) is 0 Å². The number of rotatable bonds is 8. The molecule has 1 aromatic carbocycles. The molecule has 1 aliphatic heterocycles. The van der Waals surface area contributed by atoms with Gasteiger partial charge in [-0.15, -0.1) is 0 Å². The molecule has 11 nitrogen and oxygen atoms in total. The van der Waals surface area contributed by atoms with E-state index in [1.165, 1.54) is 16.9 Å². The number of halogens is 2. The molecule has 3 atom stereocenters. The number of hydrogen-bond donors (Lipinski definition) is 4. The quantitative estimate of drug-likeness (QED) is 0.370. The van der Waals surface area contributed by atoms with Crippen molar-refractivity contribution < 1.29 is 28.0 Å². The van der Waals surface area contributed by atoms with Crippen molar-refractivity contribution in [2.45, 2.75) is 75.9 Å². The Morgan fingerprint density at radius 3 is 2.40 bits per heavy atom. The number of amides is 5. The standard InChI is InChI=1S/C30H39F2N7O4/c1-17(2)22-16-39(28(43)36-22)29(27(42)33-3)14-19-5-6-21(13-20(19)15-29)35-26(41)24(18-7-10-30(31,32)11-8-18)37-25(40)23-9-12-34-38(23)4/h5-6,9,12-13,17-18,22,24H,7-8,10-11,14-16H2,1-4H3,(H,33,42)(H,35,41)(H,36,43)(H,37,40)/t22-,24-,29?/m0/s1. The molecule has 2 fully saturated rings. The largest absolute Gasteiger partial charge is 0.357 e. The van der Waals surface area contributed by atoms with Crippen LogP contribution in [0.5, 0.6) is 0 Å². The SMILES string of the molecule is CNC(=O)C1(N2C[C@@H](C(C)C)NC2=O)Cc2ccc(NC(=O)[C@@H](NC(=O)c3ccnn3C)C3CCC(F)(F)CC3)cc2C1. The minimum atomic E-state index is -2.79. The normalized spacial score (nSPS) is 23.9. The zero-order valence-corrected chi connectivity index (χ0v) is 24.9. The third-order valence-corrected chi connectivity index (χ3v) is 9.20. The highest BCUT2D eigenvalue weighted by atomic mass is 19.3. The highest BCUT2D eigenvalue weighted by Gasteiger charge is 2.53. The van der Waals surface area contributed by atoms with Crippen molar-refractivity contribution >= 4 is 29.4 Å². The lowest BCUT2D eigenvalue weighted by molar-refractivity contribution is -0.130. The van der Waals surface area contributed by atoms with Gasteiger partial charge in [0.1, 0.15) is 17.3 Å². The summed E-state index contributed by atoms with van der Waals surface area (Å²) in [6, 6.07) is 5.43. The van der Waals surface area contributed by atoms with Gasteiger partial charge in [-0.25, -0.2) is 13.6 Å². The predicted molar refractivity (Wildman–Crippen MR) is 155 cm³/mol. The summed E-state index contributed by atoms with van der Waals surface area (Å²) in [5.41, 5.74) is 1.28. The number of carbonyl (C=O) groups excluding carboxylic acids is 4. The van der Waals surface area contributed by atoms with Gasteiger partial charge in [0, 0.05) is 58.2 Å². The van der Waals surface area contributed by atoms with E-state index in [-0.39, 0.29) is 61.7 Å². The van der Waals surface area contributed by atoms with E-state index < -0.39 is 35.2 Å². The second-order valence-corrected chi connectivity index (χ2v) is 12.3. The summed E-state index contributed by atoms with van der Waals surface area (Å²) in [7, 11) is 3.15. The van der Waals surface area contributed by atoms with Crippen molar-refractivity contribution in [3.8, 4) is 0 Å². The number of hydrogen-bond acceptors (Lipinski definition) is 5. The fourth-order valence-electron chi connectivity index (χ4n) is 6.57. The Balaban J connectivity index is 1.36. The maximum atomic E-state index is 13.9. The average molecular weight is 600 g/mol. The molecule has 232 valence electrons. The number of carbonyl (C=O) groups is 4. The predicted octanol–water partition coefficient (Wildman–Crippen LogP) is 2.62. The van der Waals surface area contributed by atoms with Gasteiger partial charge in [-0.05, 0) is 54.0 Å². The summed E-state index contributed by atoms with van der Waals surface area (Å²) in [5.74, 6) is -4.37. The molecule has 1 aromatic heterocycles. The van der Waals surface area contributed by atoms with Gasteiger partial charge >= 0.3 is 6.03 Å². The Hall–Kier alpha value is -4.03. The van der Waals surface area contributed by atoms with Crippen molar-refractivity contribution in [1.82, 2.24) is 30.6 Å². The summed E-state index contributed by atoms with van der Waals surface area (Å²) in [6.07, 6.45) is 1.52. The average Bonchev–Trinajstić information content (AvgIpc) is 3.68. The van der Waals surface area contributed by atoms with Gasteiger partial charge in [0.05, 0.1) is 6.04 Å². The lowest BCUT2D eigenvalue weighted by Gasteiger charge is -2.36. The lowest BCUT2D eigenvalue weighted by Crippen LogP contribution is -2.60. The highest BCUT2D eigenvalue weighted by molar-refractivity contribution is 6.01. The minimum absolute atomic E-state index is 0.0779. The number of fused-ring (bicyclic) bond motifs is 1. The van der Waals surface area contributed by atoms with Crippen LogP contribution < -0.4 is 21.3 Å². The Labute approximate surface area is 249 Å². The van der Waals surface area contributed by atoms with Crippen molar-refractivity contribution in [3.63, 3.8) is 0 Å². The summed E-state index contributed by atoms with van der Waals surface area (Å²) in [6.45, 7) is 4.44. The third kappa shape index (κ3) is 5.94. The van der Waals surface area contributed by atoms with Crippen LogP contribution in [-0.4, -0.2) is 75.6 Å². The van der Waals surface area contributed by atoms with Crippen LogP contribution in [0.25, 0.3) is 0 Å². The third-order valence-electron chi connectivity index (χ3n) is 9.20. The molecule has 2 heterocycles. The second-order valence-electron chi connectivity index (χ2n) is 12.3. The number of likely N-dealkylation sites (N-methyl/N-ethyl adjacent to an activating group) is 1. The van der Waals surface area contributed by atoms with E-state index in [1.54, 1.807) is 31.1 Å². The summed E-state index contributed by atoms with van der Waals surface area (Å²) >= 11 is 0. The van der Waals surface area contributed by atoms with Crippen LogP contribution >= 0.6 is 0 Å². The zero-order valence-electron chi connectivity index (χ0n) is 24.9. The van der Waals surface area contributed by atoms with Gasteiger partial charge < -0.3 is 26.2 Å². The van der Waals surface area contributed by atoms with Crippen molar-refractivity contribution in [2.24, 2.45) is 18.9 Å². The van der Waals surface area contributed by atoms with Gasteiger partial charge in [-0.2, -0.15) is 5.10 Å². The van der Waals surface area contributed by atoms with E-state index in [1.807, 2.05) is 19.9 Å². The number of aryl methyl sites for hydroxylation is 1. The van der Waals surface area contributed by atoms with Crippen molar-refractivity contribution in [2.75, 3.05) is 18.9 Å². The first-order chi connectivity index (χ1) is 20.3. The molecule has 2 aromatic rings. The number of aromatic nitrogens is 2. The van der Waals surface area contributed by atoms with Gasteiger partial charge in [0.15, 0.2) is 0 Å². The van der Waals surface area contributed by atoms with E-state index in [0.29, 0.717) is 18.7 Å². The Kier molecular flexibility index (Phi) is 8.19. The molecule has 43 heavy (non-hydrogen) atoms. The molecule has 13 heteroatoms. The van der Waals surface area contributed by atoms with Crippen LogP contribution in [0.3, 0.4) is 0 Å². The number of alkyl halides is 2. The highest BCUT2D eigenvalue weighted by Crippen LogP contribution is 2.40. The molecule has 1 saturated heterocycles. The maximum Gasteiger partial charge on any atom is 0.318 e. The first kappa shape index (κ1) is 30.4. The Bertz CT molecular complexity index is 1420. The molecule has 5 rings (SSSR count). The summed E-state index contributed by atoms with van der Waals surface area (Å²) < 4.78 is 29.3. The molecular weight excluding hydrogens is 560 g/mol. The number of benzene rings is 1. The van der Waals surface area contributed by atoms with E-state index in [9.17, 15) is 28.0 Å². The summed E-state index contributed by atoms with van der Waals surface area (Å²) in [5, 5.41) is 15.3. The number of nitrogens with zero attached hydrogens (tertiary/aromatic N) is 3. The van der Waals surface area contributed by atoms with Crippen LogP contribution in [-0.2, 0) is 29.5 Å². The molecule has 5 amide bonds. The van der Waals surface area contributed by atoms with Gasteiger partial charge in [-0.3, -0.25) is 19.1 Å². The Morgan fingerprint density at radius 1 is 1.09 bits per heavy atom. The van der Waals surface area contributed by atoms with Crippen LogP contribution in [0.2, 0.25) is 0 Å². The number of anilines is 1. The van der Waals surface area contributed by atoms with Gasteiger partial charge in [0.25, 0.3) is 5.91 Å². The van der Waals surface area contributed by atoms with Crippen molar-refractivity contribution in [1.29, 1.82) is 0 Å². The van der Waals surface area contributed by atoms with Crippen LogP contribution in [0.4, 0.5) is 19.3 Å². The summed E-state index contributed by atoms with van der Waals surface area (Å²) in [4.78, 5) is 54.6. The molecule has 4 N–H and O–H groups in total. The smallest absolute Gasteiger partial charge is 0.318 e. The molecule has 2 aliphatic carbocycles. The van der Waals surface area contributed by atoms with Crippen molar-refractivity contribution in [3.05, 3.63) is 47.3 Å². The number of nitrogens with one attached hydrogen (secondary N) is 4. The molecule has 3 aliphatic rings. The molecule has 1 unspecified atom stereocenters. The molecule has 0 spiro atoms. The molecule has 1 saturated carbocycles. The first-order valence-corrected chi connectivity index (χ1v) is 14.7. The van der Waals surface area contributed by atoms with Crippen LogP contribution in [0.1, 0.15) is 61.1 Å². The molecular formula is C30H39F2N7O4. The zero-order chi connectivity index (χ0) is 31.1. The molecule has 0 radical (unpaired) electrons.